The summed E-state index contributed by atoms with van der Waals surface area (Å²) in [4.78, 5) is 22.9. The molecule has 0 saturated heterocycles. The molecule has 0 aliphatic heterocycles. The lowest BCUT2D eigenvalue weighted by Gasteiger charge is -2.27. The number of aliphatic carboxylic acids is 1. The van der Waals surface area contributed by atoms with Gasteiger partial charge in [-0.15, -0.1) is 0 Å². The van der Waals surface area contributed by atoms with E-state index in [2.05, 4.69) is 5.32 Å². The van der Waals surface area contributed by atoms with Gasteiger partial charge in [0, 0.05) is 11.1 Å². The SMILES string of the molecule is O=C(NC1CCCC(C(=O)O)C1)c1ccc(Cl)cc1F. The summed E-state index contributed by atoms with van der Waals surface area (Å²) in [5, 5.41) is 11.9. The first-order valence-electron chi connectivity index (χ1n) is 6.46. The lowest BCUT2D eigenvalue weighted by molar-refractivity contribution is -0.143. The minimum atomic E-state index is -0.846. The van der Waals surface area contributed by atoms with Crippen molar-refractivity contribution in [2.75, 3.05) is 0 Å². The van der Waals surface area contributed by atoms with Crippen molar-refractivity contribution in [3.05, 3.63) is 34.6 Å². The molecule has 108 valence electrons. The normalized spacial score (nSPS) is 22.3. The summed E-state index contributed by atoms with van der Waals surface area (Å²) >= 11 is 5.63. The minimum absolute atomic E-state index is 0.0770. The maximum Gasteiger partial charge on any atom is 0.306 e. The first kappa shape index (κ1) is 14.8. The zero-order valence-electron chi connectivity index (χ0n) is 10.7. The number of amides is 1. The molecule has 0 spiro atoms. The van der Waals surface area contributed by atoms with Crippen LogP contribution in [-0.2, 0) is 4.79 Å². The van der Waals surface area contributed by atoms with E-state index in [1.165, 1.54) is 12.1 Å². The van der Waals surface area contributed by atoms with E-state index in [-0.39, 0.29) is 16.6 Å². The summed E-state index contributed by atoms with van der Waals surface area (Å²) in [7, 11) is 0. The van der Waals surface area contributed by atoms with Gasteiger partial charge in [-0.2, -0.15) is 0 Å². The van der Waals surface area contributed by atoms with Crippen LogP contribution in [0, 0.1) is 11.7 Å². The molecule has 0 radical (unpaired) electrons. The number of nitrogens with one attached hydrogen (secondary N) is 1. The second kappa shape index (κ2) is 6.22. The fourth-order valence-electron chi connectivity index (χ4n) is 2.48. The molecule has 1 amide bonds. The molecule has 4 nitrogen and oxygen atoms in total. The molecule has 0 aromatic heterocycles. The number of hydrogen-bond acceptors (Lipinski definition) is 2. The van der Waals surface area contributed by atoms with Gasteiger partial charge in [0.2, 0.25) is 0 Å². The van der Waals surface area contributed by atoms with Crippen LogP contribution in [0.4, 0.5) is 4.39 Å². The van der Waals surface area contributed by atoms with Gasteiger partial charge in [-0.25, -0.2) is 4.39 Å². The molecule has 1 aliphatic carbocycles. The largest absolute Gasteiger partial charge is 0.481 e. The van der Waals surface area contributed by atoms with Crippen molar-refractivity contribution >= 4 is 23.5 Å². The summed E-state index contributed by atoms with van der Waals surface area (Å²) < 4.78 is 13.6. The molecule has 20 heavy (non-hydrogen) atoms. The van der Waals surface area contributed by atoms with Gasteiger partial charge in [0.1, 0.15) is 5.82 Å². The summed E-state index contributed by atoms with van der Waals surface area (Å²) in [6.07, 6.45) is 2.46. The van der Waals surface area contributed by atoms with E-state index >= 15 is 0 Å². The van der Waals surface area contributed by atoms with Gasteiger partial charge in [-0.05, 0) is 37.5 Å². The van der Waals surface area contributed by atoms with Crippen LogP contribution in [0.5, 0.6) is 0 Å². The molecule has 1 aromatic carbocycles. The maximum absolute atomic E-state index is 13.6. The Morgan fingerprint density at radius 1 is 1.35 bits per heavy atom. The number of halogens is 2. The fraction of sp³-hybridized carbons (Fsp3) is 0.429. The van der Waals surface area contributed by atoms with Crippen LogP contribution in [0.1, 0.15) is 36.0 Å². The van der Waals surface area contributed by atoms with Crippen molar-refractivity contribution in [2.45, 2.75) is 31.7 Å². The number of carboxylic acid groups (broad SMARTS) is 1. The summed E-state index contributed by atoms with van der Waals surface area (Å²) in [6, 6.07) is 3.62. The predicted octanol–water partition coefficient (Wildman–Crippen LogP) is 2.85. The van der Waals surface area contributed by atoms with E-state index < -0.39 is 23.6 Å². The average Bonchev–Trinajstić information content (AvgIpc) is 2.38. The number of rotatable bonds is 3. The first-order chi connectivity index (χ1) is 9.47. The highest BCUT2D eigenvalue weighted by atomic mass is 35.5. The fourth-order valence-corrected chi connectivity index (χ4v) is 2.64. The Balaban J connectivity index is 2.02. The first-order valence-corrected chi connectivity index (χ1v) is 6.84. The number of carbonyl (C=O) groups is 2. The van der Waals surface area contributed by atoms with E-state index in [0.29, 0.717) is 19.3 Å². The molecule has 2 rings (SSSR count). The van der Waals surface area contributed by atoms with Crippen molar-refractivity contribution in [3.63, 3.8) is 0 Å². The van der Waals surface area contributed by atoms with Crippen LogP contribution in [0.15, 0.2) is 18.2 Å². The number of carboxylic acids is 1. The zero-order valence-corrected chi connectivity index (χ0v) is 11.5. The maximum atomic E-state index is 13.6. The third kappa shape index (κ3) is 3.48. The summed E-state index contributed by atoms with van der Waals surface area (Å²) in [5.41, 5.74) is -0.0770. The van der Waals surface area contributed by atoms with Crippen LogP contribution in [0.25, 0.3) is 0 Å². The Bertz CT molecular complexity index is 535. The molecule has 2 N–H and O–H groups in total. The highest BCUT2D eigenvalue weighted by Gasteiger charge is 2.28. The Labute approximate surface area is 120 Å². The number of carbonyl (C=O) groups excluding carboxylic acids is 1. The van der Waals surface area contributed by atoms with E-state index in [9.17, 15) is 14.0 Å². The van der Waals surface area contributed by atoms with Crippen LogP contribution in [0.3, 0.4) is 0 Å². The molecule has 2 atom stereocenters. The van der Waals surface area contributed by atoms with Crippen molar-refractivity contribution in [3.8, 4) is 0 Å². The number of benzene rings is 1. The van der Waals surface area contributed by atoms with Gasteiger partial charge in [-0.3, -0.25) is 9.59 Å². The van der Waals surface area contributed by atoms with E-state index in [4.69, 9.17) is 16.7 Å². The summed E-state index contributed by atoms with van der Waals surface area (Å²) in [5.74, 6) is -2.50. The Morgan fingerprint density at radius 2 is 2.10 bits per heavy atom. The third-order valence-electron chi connectivity index (χ3n) is 3.53. The van der Waals surface area contributed by atoms with Crippen LogP contribution in [0.2, 0.25) is 5.02 Å². The summed E-state index contributed by atoms with van der Waals surface area (Å²) in [6.45, 7) is 0. The van der Waals surface area contributed by atoms with E-state index in [0.717, 1.165) is 12.5 Å². The lowest BCUT2D eigenvalue weighted by atomic mass is 9.85. The quantitative estimate of drug-likeness (QED) is 0.902. The molecule has 6 heteroatoms. The van der Waals surface area contributed by atoms with Gasteiger partial charge in [0.05, 0.1) is 11.5 Å². The molecule has 1 aliphatic rings. The minimum Gasteiger partial charge on any atom is -0.481 e. The molecule has 0 heterocycles. The monoisotopic (exact) mass is 299 g/mol. The van der Waals surface area contributed by atoms with Crippen molar-refractivity contribution in [1.29, 1.82) is 0 Å². The van der Waals surface area contributed by atoms with Crippen molar-refractivity contribution in [2.24, 2.45) is 5.92 Å². The number of hydrogen-bond donors (Lipinski definition) is 2. The molecule has 2 unspecified atom stereocenters. The van der Waals surface area contributed by atoms with Gasteiger partial charge < -0.3 is 10.4 Å². The van der Waals surface area contributed by atoms with Crippen molar-refractivity contribution < 1.29 is 19.1 Å². The van der Waals surface area contributed by atoms with Gasteiger partial charge in [0.15, 0.2) is 0 Å². The Kier molecular flexibility index (Phi) is 4.60. The third-order valence-corrected chi connectivity index (χ3v) is 3.77. The van der Waals surface area contributed by atoms with Crippen molar-refractivity contribution in [1.82, 2.24) is 5.32 Å². The van der Waals surface area contributed by atoms with Gasteiger partial charge >= 0.3 is 5.97 Å². The lowest BCUT2D eigenvalue weighted by Crippen LogP contribution is -2.40. The molecule has 1 fully saturated rings. The van der Waals surface area contributed by atoms with E-state index in [1.54, 1.807) is 0 Å². The molecular weight excluding hydrogens is 285 g/mol. The Morgan fingerprint density at radius 3 is 2.75 bits per heavy atom. The second-order valence-electron chi connectivity index (χ2n) is 5.00. The average molecular weight is 300 g/mol. The standard InChI is InChI=1S/C14H15ClFNO3/c15-9-4-5-11(12(16)7-9)13(18)17-10-3-1-2-8(6-10)14(19)20/h4-5,7-8,10H,1-3,6H2,(H,17,18)(H,19,20). The van der Waals surface area contributed by atoms with Gasteiger partial charge in [0.25, 0.3) is 5.91 Å². The van der Waals surface area contributed by atoms with Crippen LogP contribution >= 0.6 is 11.6 Å². The smallest absolute Gasteiger partial charge is 0.306 e. The molecule has 1 aromatic rings. The van der Waals surface area contributed by atoms with E-state index in [1.807, 2.05) is 0 Å². The van der Waals surface area contributed by atoms with Crippen LogP contribution in [-0.4, -0.2) is 23.0 Å². The second-order valence-corrected chi connectivity index (χ2v) is 5.43. The van der Waals surface area contributed by atoms with Crippen LogP contribution < -0.4 is 5.32 Å². The topological polar surface area (TPSA) is 66.4 Å². The van der Waals surface area contributed by atoms with Gasteiger partial charge in [-0.1, -0.05) is 18.0 Å². The zero-order chi connectivity index (χ0) is 14.7. The predicted molar refractivity (Wildman–Crippen MR) is 72.3 cm³/mol. The molecule has 1 saturated carbocycles. The molecule has 0 bridgehead atoms. The Hall–Kier alpha value is -1.62. The highest BCUT2D eigenvalue weighted by Crippen LogP contribution is 2.25. The molecular formula is C14H15ClFNO3. The highest BCUT2D eigenvalue weighted by molar-refractivity contribution is 6.30.